The minimum Gasteiger partial charge on any atom is -0.497 e. The number of carbonyl (C=O) groups excluding carboxylic acids is 2. The first-order chi connectivity index (χ1) is 10.2. The summed E-state index contributed by atoms with van der Waals surface area (Å²) in [4.78, 5) is 25.4. The van der Waals surface area contributed by atoms with E-state index in [2.05, 4.69) is 5.32 Å². The Hall–Kier alpha value is -2.24. The molecule has 0 bridgehead atoms. The average molecular weight is 290 g/mol. The number of carbonyl (C=O) groups is 2. The van der Waals surface area contributed by atoms with Gasteiger partial charge in [0.1, 0.15) is 11.9 Å². The van der Waals surface area contributed by atoms with Gasteiger partial charge in [-0.1, -0.05) is 6.07 Å². The fourth-order valence-corrected chi connectivity index (χ4v) is 2.40. The van der Waals surface area contributed by atoms with Gasteiger partial charge in [0.15, 0.2) is 0 Å². The molecular formula is C15H18N2O4. The molecule has 2 amide bonds. The third-order valence-corrected chi connectivity index (χ3v) is 3.71. The number of ether oxygens (including phenoxy) is 2. The normalized spacial score (nSPS) is 21.1. The van der Waals surface area contributed by atoms with E-state index in [1.165, 1.54) is 0 Å². The second-order valence-electron chi connectivity index (χ2n) is 5.33. The van der Waals surface area contributed by atoms with Gasteiger partial charge in [0.05, 0.1) is 20.2 Å². The molecule has 1 heterocycles. The fraction of sp³-hybridized carbons (Fsp3) is 0.467. The number of nitrogens with zero attached hydrogens (tertiary/aromatic N) is 1. The topological polar surface area (TPSA) is 67.9 Å². The number of benzene rings is 1. The van der Waals surface area contributed by atoms with Gasteiger partial charge in [-0.15, -0.1) is 0 Å². The van der Waals surface area contributed by atoms with Crippen molar-refractivity contribution < 1.29 is 19.1 Å². The number of rotatable bonds is 5. The van der Waals surface area contributed by atoms with Crippen LogP contribution in [0.5, 0.6) is 5.75 Å². The number of methoxy groups -OCH3 is 1. The van der Waals surface area contributed by atoms with E-state index in [4.69, 9.17) is 9.47 Å². The largest absolute Gasteiger partial charge is 0.497 e. The van der Waals surface area contributed by atoms with Crippen LogP contribution in [-0.4, -0.2) is 49.2 Å². The molecule has 1 atom stereocenters. The predicted molar refractivity (Wildman–Crippen MR) is 75.3 cm³/mol. The van der Waals surface area contributed by atoms with Crippen molar-refractivity contribution in [1.82, 2.24) is 10.2 Å². The Morgan fingerprint density at radius 1 is 1.48 bits per heavy atom. The Kier molecular flexibility index (Phi) is 3.68. The first-order valence-corrected chi connectivity index (χ1v) is 7.07. The zero-order valence-electron chi connectivity index (χ0n) is 11.9. The van der Waals surface area contributed by atoms with Crippen LogP contribution in [0.1, 0.15) is 23.2 Å². The number of hydrogen-bond acceptors (Lipinski definition) is 4. The van der Waals surface area contributed by atoms with E-state index < -0.39 is 0 Å². The maximum Gasteiger partial charge on any atom is 0.410 e. The first kappa shape index (κ1) is 13.7. The molecule has 1 aromatic rings. The van der Waals surface area contributed by atoms with Crippen molar-refractivity contribution in [3.63, 3.8) is 0 Å². The predicted octanol–water partition coefficient (Wildman–Crippen LogP) is 1.41. The molecule has 1 N–H and O–H groups in total. The Morgan fingerprint density at radius 3 is 3.00 bits per heavy atom. The summed E-state index contributed by atoms with van der Waals surface area (Å²) in [6.07, 6.45) is 1.57. The first-order valence-electron chi connectivity index (χ1n) is 7.07. The second-order valence-corrected chi connectivity index (χ2v) is 5.33. The molecule has 2 aliphatic rings. The van der Waals surface area contributed by atoms with Crippen LogP contribution >= 0.6 is 0 Å². The zero-order valence-corrected chi connectivity index (χ0v) is 11.9. The van der Waals surface area contributed by atoms with Gasteiger partial charge in [0, 0.05) is 11.6 Å². The molecule has 0 spiro atoms. The summed E-state index contributed by atoms with van der Waals surface area (Å²) in [7, 11) is 1.56. The summed E-state index contributed by atoms with van der Waals surface area (Å²) in [5, 5.41) is 2.79. The number of nitrogens with one attached hydrogen (secondary N) is 1. The van der Waals surface area contributed by atoms with Gasteiger partial charge in [-0.25, -0.2) is 4.79 Å². The number of cyclic esters (lactones) is 1. The maximum absolute atomic E-state index is 12.1. The minimum atomic E-state index is -0.271. The molecule has 6 nitrogen and oxygen atoms in total. The van der Waals surface area contributed by atoms with Crippen LogP contribution in [0.2, 0.25) is 0 Å². The van der Waals surface area contributed by atoms with Gasteiger partial charge in [-0.05, 0) is 31.0 Å². The van der Waals surface area contributed by atoms with Gasteiger partial charge >= 0.3 is 6.09 Å². The van der Waals surface area contributed by atoms with Crippen LogP contribution in [-0.2, 0) is 4.74 Å². The van der Waals surface area contributed by atoms with E-state index in [0.717, 1.165) is 12.8 Å². The van der Waals surface area contributed by atoms with Crippen molar-refractivity contribution in [3.05, 3.63) is 29.8 Å². The summed E-state index contributed by atoms with van der Waals surface area (Å²) in [6, 6.07) is 7.28. The summed E-state index contributed by atoms with van der Waals surface area (Å²) >= 11 is 0. The maximum atomic E-state index is 12.1. The van der Waals surface area contributed by atoms with E-state index in [1.807, 2.05) is 0 Å². The van der Waals surface area contributed by atoms with Crippen LogP contribution in [0.25, 0.3) is 0 Å². The van der Waals surface area contributed by atoms with Gasteiger partial charge in [-0.3, -0.25) is 4.79 Å². The van der Waals surface area contributed by atoms with Crippen LogP contribution in [0, 0.1) is 0 Å². The average Bonchev–Trinajstić information content (AvgIpc) is 3.28. The standard InChI is InChI=1S/C15H18N2O4/c1-20-12-4-2-3-10(7-12)14(18)16-8-13-9-17(11-5-6-11)15(19)21-13/h2-4,7,11,13H,5-6,8-9H2,1H3,(H,16,18). The summed E-state index contributed by atoms with van der Waals surface area (Å²) in [6.45, 7) is 0.882. The molecule has 1 saturated heterocycles. The molecule has 112 valence electrons. The number of amides is 2. The Morgan fingerprint density at radius 2 is 2.29 bits per heavy atom. The van der Waals surface area contributed by atoms with Gasteiger partial charge in [-0.2, -0.15) is 0 Å². The highest BCUT2D eigenvalue weighted by Gasteiger charge is 2.40. The lowest BCUT2D eigenvalue weighted by Crippen LogP contribution is -2.35. The van der Waals surface area contributed by atoms with Gasteiger partial charge in [0.25, 0.3) is 5.91 Å². The molecule has 21 heavy (non-hydrogen) atoms. The molecule has 1 aliphatic heterocycles. The van der Waals surface area contributed by atoms with Crippen LogP contribution in [0.3, 0.4) is 0 Å². The molecule has 1 aliphatic carbocycles. The van der Waals surface area contributed by atoms with E-state index in [1.54, 1.807) is 36.3 Å². The van der Waals surface area contributed by atoms with Gasteiger partial charge < -0.3 is 19.7 Å². The molecule has 1 aromatic carbocycles. The molecule has 1 saturated carbocycles. The lowest BCUT2D eigenvalue weighted by molar-refractivity contribution is 0.0914. The Bertz CT molecular complexity index is 556. The van der Waals surface area contributed by atoms with Crippen molar-refractivity contribution >= 4 is 12.0 Å². The fourth-order valence-electron chi connectivity index (χ4n) is 2.40. The molecule has 2 fully saturated rings. The molecule has 3 rings (SSSR count). The van der Waals surface area contributed by atoms with Crippen molar-refractivity contribution in [3.8, 4) is 5.75 Å². The lowest BCUT2D eigenvalue weighted by atomic mass is 10.2. The monoisotopic (exact) mass is 290 g/mol. The highest BCUT2D eigenvalue weighted by Crippen LogP contribution is 2.30. The Labute approximate surface area is 123 Å². The third-order valence-electron chi connectivity index (χ3n) is 3.71. The highest BCUT2D eigenvalue weighted by atomic mass is 16.6. The molecule has 6 heteroatoms. The van der Waals surface area contributed by atoms with E-state index in [-0.39, 0.29) is 18.1 Å². The zero-order chi connectivity index (χ0) is 14.8. The highest BCUT2D eigenvalue weighted by molar-refractivity contribution is 5.94. The smallest absolute Gasteiger partial charge is 0.410 e. The Balaban J connectivity index is 1.52. The van der Waals surface area contributed by atoms with E-state index in [0.29, 0.717) is 30.4 Å². The quantitative estimate of drug-likeness (QED) is 0.890. The molecule has 0 aromatic heterocycles. The lowest BCUT2D eigenvalue weighted by Gasteiger charge is -2.11. The van der Waals surface area contributed by atoms with Crippen molar-refractivity contribution in [2.45, 2.75) is 25.0 Å². The molecule has 1 unspecified atom stereocenters. The van der Waals surface area contributed by atoms with Crippen molar-refractivity contribution in [1.29, 1.82) is 0 Å². The van der Waals surface area contributed by atoms with Crippen LogP contribution in [0.15, 0.2) is 24.3 Å². The SMILES string of the molecule is COc1cccc(C(=O)NCC2CN(C3CC3)C(=O)O2)c1. The summed E-state index contributed by atoms with van der Waals surface area (Å²) < 4.78 is 10.3. The summed E-state index contributed by atoms with van der Waals surface area (Å²) in [5.41, 5.74) is 0.526. The van der Waals surface area contributed by atoms with Gasteiger partial charge in [0.2, 0.25) is 0 Å². The summed E-state index contributed by atoms with van der Waals surface area (Å²) in [5.74, 6) is 0.435. The third kappa shape index (κ3) is 3.09. The van der Waals surface area contributed by atoms with E-state index in [9.17, 15) is 9.59 Å². The number of hydrogen-bond donors (Lipinski definition) is 1. The van der Waals surface area contributed by atoms with E-state index >= 15 is 0 Å². The molecular weight excluding hydrogens is 272 g/mol. The van der Waals surface area contributed by atoms with Crippen molar-refractivity contribution in [2.24, 2.45) is 0 Å². The van der Waals surface area contributed by atoms with Crippen LogP contribution in [0.4, 0.5) is 4.79 Å². The second kappa shape index (κ2) is 5.63. The minimum absolute atomic E-state index is 0.199. The van der Waals surface area contributed by atoms with Crippen molar-refractivity contribution in [2.75, 3.05) is 20.2 Å². The van der Waals surface area contributed by atoms with Crippen LogP contribution < -0.4 is 10.1 Å². The molecule has 0 radical (unpaired) electrons.